The Morgan fingerprint density at radius 3 is 1.84 bits per heavy atom. The third kappa shape index (κ3) is 5.12. The van der Waals surface area contributed by atoms with Crippen LogP contribution in [0.25, 0.3) is 122 Å². The fourth-order valence-electron chi connectivity index (χ4n) is 8.45. The van der Waals surface area contributed by atoms with Gasteiger partial charge in [-0.05, 0) is 80.5 Å². The van der Waals surface area contributed by atoms with E-state index < -0.39 is 0 Å². The molecule has 0 N–H and O–H groups in total. The Bertz CT molecular complexity index is 3590. The van der Waals surface area contributed by atoms with Gasteiger partial charge in [-0.3, -0.25) is 0 Å². The SMILES string of the molecule is c1ccc(-c2nc3ccc4cccc(-c5ccc(-c6nc(-c7ccc8ccccc8c7)nc(-c7cccc8oc9ccccc9c78)n6)c6ccccc56)c4c3o2)cc1. The Balaban J connectivity index is 1.09. The van der Waals surface area contributed by atoms with Crippen LogP contribution in [0.2, 0.25) is 0 Å². The van der Waals surface area contributed by atoms with Crippen molar-refractivity contribution in [1.29, 1.82) is 0 Å². The van der Waals surface area contributed by atoms with Crippen LogP contribution in [-0.2, 0) is 0 Å². The fraction of sp³-hybridized carbons (Fsp3) is 0. The fourth-order valence-corrected chi connectivity index (χ4v) is 8.45. The van der Waals surface area contributed by atoms with E-state index in [4.69, 9.17) is 28.8 Å². The smallest absolute Gasteiger partial charge is 0.227 e. The second kappa shape index (κ2) is 12.8. The molecule has 3 aromatic heterocycles. The molecule has 0 fully saturated rings. The zero-order chi connectivity index (χ0) is 38.2. The van der Waals surface area contributed by atoms with E-state index in [1.807, 2.05) is 66.7 Å². The molecular weight excluding hydrogens is 713 g/mol. The molecule has 0 radical (unpaired) electrons. The average Bonchev–Trinajstić information content (AvgIpc) is 3.91. The Kier molecular flexibility index (Phi) is 7.13. The molecular formula is C52H30N4O2. The molecule has 3 heterocycles. The van der Waals surface area contributed by atoms with Crippen LogP contribution >= 0.6 is 0 Å². The maximum Gasteiger partial charge on any atom is 0.227 e. The number of nitrogens with zero attached hydrogens (tertiary/aromatic N) is 4. The summed E-state index contributed by atoms with van der Waals surface area (Å²) >= 11 is 0. The zero-order valence-corrected chi connectivity index (χ0v) is 30.9. The Hall–Kier alpha value is -7.96. The summed E-state index contributed by atoms with van der Waals surface area (Å²) in [5.41, 5.74) is 8.98. The molecule has 6 heteroatoms. The van der Waals surface area contributed by atoms with Gasteiger partial charge in [-0.1, -0.05) is 140 Å². The summed E-state index contributed by atoms with van der Waals surface area (Å²) in [7, 11) is 0. The minimum absolute atomic E-state index is 0.578. The van der Waals surface area contributed by atoms with E-state index in [0.717, 1.165) is 98.7 Å². The summed E-state index contributed by atoms with van der Waals surface area (Å²) < 4.78 is 12.9. The maximum absolute atomic E-state index is 6.58. The van der Waals surface area contributed by atoms with Crippen molar-refractivity contribution in [2.24, 2.45) is 0 Å². The molecule has 0 aliphatic rings. The van der Waals surface area contributed by atoms with Gasteiger partial charge in [0.25, 0.3) is 0 Å². The number of para-hydroxylation sites is 1. The molecule has 58 heavy (non-hydrogen) atoms. The number of furan rings is 1. The third-order valence-electron chi connectivity index (χ3n) is 11.2. The van der Waals surface area contributed by atoms with Gasteiger partial charge in [0.15, 0.2) is 23.1 Å². The van der Waals surface area contributed by atoms with Crippen LogP contribution in [0.5, 0.6) is 0 Å². The lowest BCUT2D eigenvalue weighted by Gasteiger charge is -2.14. The van der Waals surface area contributed by atoms with Crippen molar-refractivity contribution in [2.45, 2.75) is 0 Å². The van der Waals surface area contributed by atoms with Gasteiger partial charge >= 0.3 is 0 Å². The summed E-state index contributed by atoms with van der Waals surface area (Å²) in [4.78, 5) is 20.6. The van der Waals surface area contributed by atoms with Crippen LogP contribution < -0.4 is 0 Å². The highest BCUT2D eigenvalue weighted by Crippen LogP contribution is 2.42. The van der Waals surface area contributed by atoms with Crippen molar-refractivity contribution in [3.8, 4) is 56.7 Å². The molecule has 270 valence electrons. The number of hydrogen-bond donors (Lipinski definition) is 0. The number of oxazole rings is 1. The van der Waals surface area contributed by atoms with Gasteiger partial charge < -0.3 is 8.83 Å². The summed E-state index contributed by atoms with van der Waals surface area (Å²) in [5.74, 6) is 2.36. The molecule has 0 amide bonds. The Morgan fingerprint density at radius 1 is 0.328 bits per heavy atom. The average molecular weight is 743 g/mol. The van der Waals surface area contributed by atoms with E-state index in [1.165, 1.54) is 0 Å². The van der Waals surface area contributed by atoms with Gasteiger partial charge in [0.2, 0.25) is 5.89 Å². The van der Waals surface area contributed by atoms with Crippen molar-refractivity contribution in [1.82, 2.24) is 19.9 Å². The first-order valence-corrected chi connectivity index (χ1v) is 19.3. The van der Waals surface area contributed by atoms with Crippen molar-refractivity contribution < 1.29 is 8.83 Å². The molecule has 6 nitrogen and oxygen atoms in total. The monoisotopic (exact) mass is 742 g/mol. The third-order valence-corrected chi connectivity index (χ3v) is 11.2. The molecule has 12 aromatic rings. The van der Waals surface area contributed by atoms with Gasteiger partial charge in [-0.15, -0.1) is 0 Å². The maximum atomic E-state index is 6.58. The van der Waals surface area contributed by atoms with Crippen LogP contribution in [0.1, 0.15) is 0 Å². The van der Waals surface area contributed by atoms with Gasteiger partial charge in [-0.2, -0.15) is 0 Å². The van der Waals surface area contributed by atoms with E-state index in [1.54, 1.807) is 0 Å². The topological polar surface area (TPSA) is 77.8 Å². The normalized spacial score (nSPS) is 11.8. The second-order valence-electron chi connectivity index (χ2n) is 14.6. The summed E-state index contributed by atoms with van der Waals surface area (Å²) in [6.45, 7) is 0. The van der Waals surface area contributed by atoms with Gasteiger partial charge in [0.1, 0.15) is 16.7 Å². The van der Waals surface area contributed by atoms with Gasteiger partial charge in [-0.25, -0.2) is 19.9 Å². The molecule has 9 aromatic carbocycles. The molecule has 0 bridgehead atoms. The van der Waals surface area contributed by atoms with Crippen molar-refractivity contribution in [3.05, 3.63) is 182 Å². The molecule has 0 saturated heterocycles. The molecule has 0 aliphatic heterocycles. The first-order chi connectivity index (χ1) is 28.7. The quantitative estimate of drug-likeness (QED) is 0.175. The van der Waals surface area contributed by atoms with E-state index in [0.29, 0.717) is 23.4 Å². The lowest BCUT2D eigenvalue weighted by Crippen LogP contribution is -2.01. The first-order valence-electron chi connectivity index (χ1n) is 19.3. The zero-order valence-electron chi connectivity index (χ0n) is 30.9. The summed E-state index contributed by atoms with van der Waals surface area (Å²) in [5, 5.41) is 8.47. The van der Waals surface area contributed by atoms with Crippen molar-refractivity contribution in [3.63, 3.8) is 0 Å². The predicted molar refractivity (Wildman–Crippen MR) is 234 cm³/mol. The molecule has 0 atom stereocenters. The summed E-state index contributed by atoms with van der Waals surface area (Å²) in [6, 6.07) is 62.3. The minimum atomic E-state index is 0.578. The number of hydrogen-bond acceptors (Lipinski definition) is 6. The molecule has 0 unspecified atom stereocenters. The van der Waals surface area contributed by atoms with Crippen LogP contribution in [0.4, 0.5) is 0 Å². The standard InChI is InChI=1S/C52H30N4O2/c1-2-13-33(14-3-1)52-53-43-29-26-32-16-10-20-39(46(32)48(43)58-52)38-27-28-40(37-18-7-6-17-36(37)38)50-54-49(35-25-24-31-12-4-5-15-34(31)30-35)55-51(56-50)42-21-11-23-45-47(42)41-19-8-9-22-44(41)57-45/h1-30H. The van der Waals surface area contributed by atoms with Crippen molar-refractivity contribution in [2.75, 3.05) is 0 Å². The van der Waals surface area contributed by atoms with Crippen molar-refractivity contribution >= 4 is 65.4 Å². The van der Waals surface area contributed by atoms with Crippen LogP contribution in [-0.4, -0.2) is 19.9 Å². The number of rotatable bonds is 5. The van der Waals surface area contributed by atoms with E-state index >= 15 is 0 Å². The number of fused-ring (bicyclic) bond motifs is 8. The molecule has 12 rings (SSSR count). The van der Waals surface area contributed by atoms with E-state index in [2.05, 4.69) is 115 Å². The Morgan fingerprint density at radius 2 is 0.966 bits per heavy atom. The lowest BCUT2D eigenvalue weighted by molar-refractivity contribution is 0.623. The highest BCUT2D eigenvalue weighted by Gasteiger charge is 2.21. The number of benzene rings is 9. The molecule has 0 saturated carbocycles. The highest BCUT2D eigenvalue weighted by molar-refractivity contribution is 6.16. The molecule has 0 spiro atoms. The summed E-state index contributed by atoms with van der Waals surface area (Å²) in [6.07, 6.45) is 0. The van der Waals surface area contributed by atoms with Gasteiger partial charge in [0.05, 0.1) is 0 Å². The van der Waals surface area contributed by atoms with Crippen LogP contribution in [0.15, 0.2) is 191 Å². The molecule has 0 aliphatic carbocycles. The first kappa shape index (κ1) is 32.3. The largest absolute Gasteiger partial charge is 0.456 e. The van der Waals surface area contributed by atoms with Crippen LogP contribution in [0, 0.1) is 0 Å². The number of aromatic nitrogens is 4. The van der Waals surface area contributed by atoms with E-state index in [-0.39, 0.29) is 0 Å². The van der Waals surface area contributed by atoms with E-state index in [9.17, 15) is 0 Å². The second-order valence-corrected chi connectivity index (χ2v) is 14.6. The van der Waals surface area contributed by atoms with Gasteiger partial charge in [0, 0.05) is 38.4 Å². The highest BCUT2D eigenvalue weighted by atomic mass is 16.3. The minimum Gasteiger partial charge on any atom is -0.456 e. The van der Waals surface area contributed by atoms with Crippen LogP contribution in [0.3, 0.4) is 0 Å². The predicted octanol–water partition coefficient (Wildman–Crippen LogP) is 13.7. The lowest BCUT2D eigenvalue weighted by atomic mass is 9.91. The Labute approximate surface area is 331 Å².